The van der Waals surface area contributed by atoms with Crippen LogP contribution < -0.4 is 22.3 Å². The highest BCUT2D eigenvalue weighted by Gasteiger charge is 2.20. The van der Waals surface area contributed by atoms with Crippen LogP contribution in [0.3, 0.4) is 0 Å². The van der Waals surface area contributed by atoms with Crippen molar-refractivity contribution in [3.05, 3.63) is 81.2 Å². The molecule has 5 N–H and O–H groups in total. The number of hydrogen-bond donors (Lipinski definition) is 3. The maximum Gasteiger partial charge on any atom is 0.264 e. The van der Waals surface area contributed by atoms with Crippen LogP contribution in [-0.2, 0) is 0 Å². The van der Waals surface area contributed by atoms with Crippen molar-refractivity contribution in [2.75, 3.05) is 16.8 Å². The number of halogens is 1. The average molecular weight is 432 g/mol. The lowest BCUT2D eigenvalue weighted by Gasteiger charge is -2.22. The first-order valence-corrected chi connectivity index (χ1v) is 9.77. The fourth-order valence-electron chi connectivity index (χ4n) is 3.49. The van der Waals surface area contributed by atoms with Gasteiger partial charge in [0.25, 0.3) is 5.56 Å². The minimum Gasteiger partial charge on any atom is -0.382 e. The van der Waals surface area contributed by atoms with Gasteiger partial charge in [0.1, 0.15) is 17.5 Å². The van der Waals surface area contributed by atoms with Crippen molar-refractivity contribution in [1.29, 1.82) is 5.26 Å². The predicted octanol–water partition coefficient (Wildman–Crippen LogP) is 3.64. The van der Waals surface area contributed by atoms with Gasteiger partial charge < -0.3 is 16.8 Å². The Morgan fingerprint density at radius 3 is 2.58 bits per heavy atom. The maximum absolute atomic E-state index is 13.5. The number of rotatable bonds is 4. The number of nitriles is 1. The van der Waals surface area contributed by atoms with E-state index in [1.165, 1.54) is 0 Å². The Labute approximate surface area is 182 Å². The molecular formula is C22H18ClN7O. The molecule has 2 aromatic heterocycles. The lowest BCUT2D eigenvalue weighted by molar-refractivity contribution is 0.773. The molecule has 0 aliphatic carbocycles. The highest BCUT2D eigenvalue weighted by molar-refractivity contribution is 6.35. The molecule has 0 aliphatic heterocycles. The quantitative estimate of drug-likeness (QED) is 0.448. The fraction of sp³-hybridized carbons (Fsp3) is 0.0909. The zero-order valence-electron chi connectivity index (χ0n) is 16.5. The summed E-state index contributed by atoms with van der Waals surface area (Å²) in [5.41, 5.74) is 12.7. The number of aromatic nitrogens is 3. The van der Waals surface area contributed by atoms with Gasteiger partial charge in [0.2, 0.25) is 5.95 Å². The van der Waals surface area contributed by atoms with Crippen LogP contribution in [0.1, 0.15) is 24.2 Å². The SMILES string of the molecule is C[C@H](Nc1nc(N)nc(N)c1C#N)c1cc2cccc(Cl)c2c(=O)n1-c1ccccc1. The molecule has 154 valence electrons. The van der Waals surface area contributed by atoms with Gasteiger partial charge in [0.05, 0.1) is 16.5 Å². The number of nitrogen functional groups attached to an aromatic ring is 2. The van der Waals surface area contributed by atoms with E-state index in [1.54, 1.807) is 16.7 Å². The standard InChI is InChI=1S/C22H18ClN7O/c1-12(27-20-15(11-24)19(25)28-22(26)29-20)17-10-13-6-5-9-16(23)18(13)21(31)30(17)14-7-3-2-4-8-14/h2-10,12H,1H3,(H5,25,26,27,28,29)/t12-/m0/s1. The number of benzene rings is 2. The predicted molar refractivity (Wildman–Crippen MR) is 122 cm³/mol. The monoisotopic (exact) mass is 431 g/mol. The Morgan fingerprint density at radius 2 is 1.87 bits per heavy atom. The van der Waals surface area contributed by atoms with Gasteiger partial charge >= 0.3 is 0 Å². The van der Waals surface area contributed by atoms with Gasteiger partial charge in [-0.15, -0.1) is 0 Å². The van der Waals surface area contributed by atoms with Crippen molar-refractivity contribution >= 4 is 40.0 Å². The molecular weight excluding hydrogens is 414 g/mol. The molecule has 9 heteroatoms. The van der Waals surface area contributed by atoms with Crippen molar-refractivity contribution in [3.8, 4) is 11.8 Å². The minimum absolute atomic E-state index is 0.0181. The molecule has 0 unspecified atom stereocenters. The lowest BCUT2D eigenvalue weighted by atomic mass is 10.1. The van der Waals surface area contributed by atoms with Crippen LogP contribution in [0.25, 0.3) is 16.5 Å². The number of nitrogens with zero attached hydrogens (tertiary/aromatic N) is 4. The van der Waals surface area contributed by atoms with E-state index in [1.807, 2.05) is 55.5 Å². The summed E-state index contributed by atoms with van der Waals surface area (Å²) < 4.78 is 1.59. The van der Waals surface area contributed by atoms with E-state index in [4.69, 9.17) is 23.1 Å². The molecule has 0 aliphatic rings. The van der Waals surface area contributed by atoms with Crippen molar-refractivity contribution < 1.29 is 0 Å². The number of fused-ring (bicyclic) bond motifs is 1. The van der Waals surface area contributed by atoms with Gasteiger partial charge in [0.15, 0.2) is 5.82 Å². The second-order valence-corrected chi connectivity index (χ2v) is 7.33. The van der Waals surface area contributed by atoms with E-state index in [9.17, 15) is 10.1 Å². The normalized spacial score (nSPS) is 11.8. The number of para-hydroxylation sites is 1. The van der Waals surface area contributed by atoms with Crippen molar-refractivity contribution in [3.63, 3.8) is 0 Å². The second kappa shape index (κ2) is 7.97. The summed E-state index contributed by atoms with van der Waals surface area (Å²) in [6.07, 6.45) is 0. The number of pyridine rings is 1. The Kier molecular flexibility index (Phi) is 5.19. The molecule has 0 saturated carbocycles. The maximum atomic E-state index is 13.5. The first-order valence-electron chi connectivity index (χ1n) is 9.40. The summed E-state index contributed by atoms with van der Waals surface area (Å²) in [7, 11) is 0. The van der Waals surface area contributed by atoms with Crippen LogP contribution >= 0.6 is 11.6 Å². The van der Waals surface area contributed by atoms with Gasteiger partial charge in [-0.1, -0.05) is 41.9 Å². The summed E-state index contributed by atoms with van der Waals surface area (Å²) in [6, 6.07) is 18.0. The van der Waals surface area contributed by atoms with Gasteiger partial charge in [-0.25, -0.2) is 0 Å². The molecule has 0 spiro atoms. The molecule has 2 heterocycles. The molecule has 0 radical (unpaired) electrons. The number of nitrogens with two attached hydrogens (primary N) is 2. The minimum atomic E-state index is -0.447. The molecule has 4 aromatic rings. The smallest absolute Gasteiger partial charge is 0.264 e. The number of hydrogen-bond acceptors (Lipinski definition) is 7. The van der Waals surface area contributed by atoms with Gasteiger partial charge in [-0.05, 0) is 36.6 Å². The van der Waals surface area contributed by atoms with Crippen molar-refractivity contribution in [2.45, 2.75) is 13.0 Å². The average Bonchev–Trinajstić information content (AvgIpc) is 2.74. The van der Waals surface area contributed by atoms with Crippen molar-refractivity contribution in [2.24, 2.45) is 0 Å². The van der Waals surface area contributed by atoms with E-state index in [0.717, 1.165) is 0 Å². The van der Waals surface area contributed by atoms with E-state index < -0.39 is 6.04 Å². The molecule has 0 fully saturated rings. The molecule has 0 saturated heterocycles. The summed E-state index contributed by atoms with van der Waals surface area (Å²) in [4.78, 5) is 21.4. The highest BCUT2D eigenvalue weighted by atomic mass is 35.5. The van der Waals surface area contributed by atoms with Crippen LogP contribution in [0.5, 0.6) is 0 Å². The molecule has 0 amide bonds. The first kappa shape index (κ1) is 20.2. The second-order valence-electron chi connectivity index (χ2n) is 6.92. The molecule has 31 heavy (non-hydrogen) atoms. The third kappa shape index (κ3) is 3.63. The Bertz CT molecular complexity index is 1390. The molecule has 0 bridgehead atoms. The summed E-state index contributed by atoms with van der Waals surface area (Å²) in [6.45, 7) is 1.85. The van der Waals surface area contributed by atoms with E-state index in [-0.39, 0.29) is 28.7 Å². The molecule has 2 aromatic carbocycles. The van der Waals surface area contributed by atoms with Crippen molar-refractivity contribution in [1.82, 2.24) is 14.5 Å². The zero-order valence-corrected chi connectivity index (χ0v) is 17.3. The first-order chi connectivity index (χ1) is 14.9. The van der Waals surface area contributed by atoms with E-state index in [2.05, 4.69) is 15.3 Å². The third-order valence-corrected chi connectivity index (χ3v) is 5.22. The summed E-state index contributed by atoms with van der Waals surface area (Å²) in [5.74, 6) is 0.116. The van der Waals surface area contributed by atoms with Crippen LogP contribution in [0.15, 0.2) is 59.4 Å². The third-order valence-electron chi connectivity index (χ3n) is 4.90. The Hall–Kier alpha value is -4.09. The van der Waals surface area contributed by atoms with Gasteiger partial charge in [0, 0.05) is 11.4 Å². The van der Waals surface area contributed by atoms with Crippen LogP contribution in [-0.4, -0.2) is 14.5 Å². The topological polar surface area (TPSA) is 136 Å². The van der Waals surface area contributed by atoms with E-state index in [0.29, 0.717) is 27.2 Å². The van der Waals surface area contributed by atoms with Crippen LogP contribution in [0, 0.1) is 11.3 Å². The van der Waals surface area contributed by atoms with Gasteiger partial charge in [-0.3, -0.25) is 9.36 Å². The molecule has 1 atom stereocenters. The van der Waals surface area contributed by atoms with E-state index >= 15 is 0 Å². The lowest BCUT2D eigenvalue weighted by Crippen LogP contribution is -2.26. The van der Waals surface area contributed by atoms with Gasteiger partial charge in [-0.2, -0.15) is 15.2 Å². The molecule has 8 nitrogen and oxygen atoms in total. The Balaban J connectivity index is 1.94. The molecule has 4 rings (SSSR count). The summed E-state index contributed by atoms with van der Waals surface area (Å²) in [5, 5.41) is 14.1. The largest absolute Gasteiger partial charge is 0.382 e. The number of nitrogens with one attached hydrogen (secondary N) is 1. The van der Waals surface area contributed by atoms with Crippen LogP contribution in [0.4, 0.5) is 17.6 Å². The number of anilines is 3. The summed E-state index contributed by atoms with van der Waals surface area (Å²) >= 11 is 6.35. The zero-order chi connectivity index (χ0) is 22.1. The van der Waals surface area contributed by atoms with Crippen LogP contribution in [0.2, 0.25) is 5.02 Å². The fourth-order valence-corrected chi connectivity index (χ4v) is 3.75. The Morgan fingerprint density at radius 1 is 1.13 bits per heavy atom. The highest BCUT2D eigenvalue weighted by Crippen LogP contribution is 2.28.